The van der Waals surface area contributed by atoms with Crippen LogP contribution >= 0.6 is 11.3 Å². The van der Waals surface area contributed by atoms with E-state index in [9.17, 15) is 4.79 Å². The van der Waals surface area contributed by atoms with Gasteiger partial charge in [0, 0.05) is 25.3 Å². The first-order valence-corrected chi connectivity index (χ1v) is 10.1. The van der Waals surface area contributed by atoms with Crippen LogP contribution in [0.3, 0.4) is 0 Å². The Bertz CT molecular complexity index is 951. The van der Waals surface area contributed by atoms with E-state index in [4.69, 9.17) is 4.98 Å². The standard InChI is InChI=1S/C19H24N4OS/c1-3-22(4-2)14-10-11-20-18-15(14)16-17(25-18)19(24)23(12-21-16)13-8-6-5-7-9-13/h10-13H,3-9H2,1-2H3. The Hall–Kier alpha value is -1.95. The van der Waals surface area contributed by atoms with E-state index >= 15 is 0 Å². The van der Waals surface area contributed by atoms with Gasteiger partial charge >= 0.3 is 0 Å². The molecule has 3 aromatic rings. The fourth-order valence-corrected chi connectivity index (χ4v) is 5.05. The van der Waals surface area contributed by atoms with Crippen molar-refractivity contribution < 1.29 is 0 Å². The highest BCUT2D eigenvalue weighted by atomic mass is 32.1. The van der Waals surface area contributed by atoms with Gasteiger partial charge < -0.3 is 4.90 Å². The van der Waals surface area contributed by atoms with Crippen LogP contribution in [0.15, 0.2) is 23.4 Å². The van der Waals surface area contributed by atoms with Crippen molar-refractivity contribution in [1.82, 2.24) is 14.5 Å². The predicted octanol–water partition coefficient (Wildman–Crippen LogP) is 4.36. The summed E-state index contributed by atoms with van der Waals surface area (Å²) in [7, 11) is 0. The van der Waals surface area contributed by atoms with Crippen molar-refractivity contribution in [3.05, 3.63) is 28.9 Å². The highest BCUT2D eigenvalue weighted by Crippen LogP contribution is 2.36. The first-order valence-electron chi connectivity index (χ1n) is 9.27. The number of hydrogen-bond donors (Lipinski definition) is 0. The van der Waals surface area contributed by atoms with Crippen LogP contribution in [0, 0.1) is 0 Å². The number of anilines is 1. The van der Waals surface area contributed by atoms with Crippen LogP contribution in [0.4, 0.5) is 5.69 Å². The minimum atomic E-state index is 0.102. The van der Waals surface area contributed by atoms with Crippen LogP contribution in [-0.4, -0.2) is 27.6 Å². The maximum absolute atomic E-state index is 13.1. The molecule has 0 amide bonds. The summed E-state index contributed by atoms with van der Waals surface area (Å²) >= 11 is 1.49. The molecule has 1 aliphatic carbocycles. The van der Waals surface area contributed by atoms with Gasteiger partial charge in [0.2, 0.25) is 0 Å². The molecule has 132 valence electrons. The average molecular weight is 356 g/mol. The summed E-state index contributed by atoms with van der Waals surface area (Å²) in [6.45, 7) is 6.14. The lowest BCUT2D eigenvalue weighted by atomic mass is 9.95. The molecule has 1 fully saturated rings. The van der Waals surface area contributed by atoms with E-state index < -0.39 is 0 Å². The van der Waals surface area contributed by atoms with Gasteiger partial charge in [-0.2, -0.15) is 0 Å². The summed E-state index contributed by atoms with van der Waals surface area (Å²) in [4.78, 5) is 25.6. The Labute approximate surface area is 151 Å². The molecule has 6 heteroatoms. The third kappa shape index (κ3) is 2.72. The summed E-state index contributed by atoms with van der Waals surface area (Å²) in [6.07, 6.45) is 9.46. The van der Waals surface area contributed by atoms with Crippen LogP contribution < -0.4 is 10.5 Å². The largest absolute Gasteiger partial charge is 0.371 e. The molecule has 4 rings (SSSR count). The first-order chi connectivity index (χ1) is 12.2. The van der Waals surface area contributed by atoms with Gasteiger partial charge in [-0.25, -0.2) is 9.97 Å². The molecule has 0 atom stereocenters. The van der Waals surface area contributed by atoms with E-state index in [2.05, 4.69) is 23.7 Å². The molecule has 5 nitrogen and oxygen atoms in total. The molecule has 0 aliphatic heterocycles. The summed E-state index contributed by atoms with van der Waals surface area (Å²) in [5.74, 6) is 0. The lowest BCUT2D eigenvalue weighted by Crippen LogP contribution is -2.26. The topological polar surface area (TPSA) is 51.0 Å². The van der Waals surface area contributed by atoms with Crippen molar-refractivity contribution in [2.75, 3.05) is 18.0 Å². The minimum Gasteiger partial charge on any atom is -0.371 e. The lowest BCUT2D eigenvalue weighted by molar-refractivity contribution is 0.345. The number of fused-ring (bicyclic) bond motifs is 3. The lowest BCUT2D eigenvalue weighted by Gasteiger charge is -2.23. The van der Waals surface area contributed by atoms with E-state index in [1.807, 2.05) is 16.8 Å². The Morgan fingerprint density at radius 2 is 1.96 bits per heavy atom. The third-order valence-electron chi connectivity index (χ3n) is 5.36. The molecule has 25 heavy (non-hydrogen) atoms. The Kier molecular flexibility index (Phi) is 4.46. The molecule has 0 unspecified atom stereocenters. The van der Waals surface area contributed by atoms with E-state index in [1.165, 1.54) is 30.6 Å². The first kappa shape index (κ1) is 16.5. The second kappa shape index (κ2) is 6.75. The minimum absolute atomic E-state index is 0.102. The second-order valence-electron chi connectivity index (χ2n) is 6.71. The number of thiophene rings is 1. The van der Waals surface area contributed by atoms with Gasteiger partial charge in [-0.1, -0.05) is 19.3 Å². The molecule has 0 saturated heterocycles. The summed E-state index contributed by atoms with van der Waals surface area (Å²) in [5.41, 5.74) is 2.04. The zero-order valence-electron chi connectivity index (χ0n) is 14.9. The molecule has 0 aromatic carbocycles. The molecule has 3 heterocycles. The summed E-state index contributed by atoms with van der Waals surface area (Å²) in [5, 5.41) is 1.03. The van der Waals surface area contributed by atoms with E-state index in [0.29, 0.717) is 6.04 Å². The molecular weight excluding hydrogens is 332 g/mol. The number of aromatic nitrogens is 3. The molecular formula is C19H24N4OS. The monoisotopic (exact) mass is 356 g/mol. The highest BCUT2D eigenvalue weighted by molar-refractivity contribution is 7.25. The van der Waals surface area contributed by atoms with Gasteiger partial charge in [0.15, 0.2) is 0 Å². The smallest absolute Gasteiger partial charge is 0.271 e. The zero-order valence-corrected chi connectivity index (χ0v) is 15.7. The maximum Gasteiger partial charge on any atom is 0.271 e. The molecule has 0 radical (unpaired) electrons. The van der Waals surface area contributed by atoms with Gasteiger partial charge in [-0.15, -0.1) is 11.3 Å². The van der Waals surface area contributed by atoms with Crippen molar-refractivity contribution in [3.63, 3.8) is 0 Å². The van der Waals surface area contributed by atoms with Gasteiger partial charge in [-0.05, 0) is 32.8 Å². The predicted molar refractivity (Wildman–Crippen MR) is 105 cm³/mol. The average Bonchev–Trinajstić information content (AvgIpc) is 3.04. The number of rotatable bonds is 4. The maximum atomic E-state index is 13.1. The molecule has 0 N–H and O–H groups in total. The quantitative estimate of drug-likeness (QED) is 0.697. The van der Waals surface area contributed by atoms with Crippen LogP contribution in [0.5, 0.6) is 0 Å². The fraction of sp³-hybridized carbons (Fsp3) is 0.526. The number of hydrogen-bond acceptors (Lipinski definition) is 5. The Balaban J connectivity index is 1.92. The van der Waals surface area contributed by atoms with Crippen LogP contribution in [-0.2, 0) is 0 Å². The van der Waals surface area contributed by atoms with Crippen molar-refractivity contribution in [3.8, 4) is 0 Å². The van der Waals surface area contributed by atoms with Crippen LogP contribution in [0.25, 0.3) is 20.4 Å². The second-order valence-corrected chi connectivity index (χ2v) is 7.71. The van der Waals surface area contributed by atoms with Gasteiger partial charge in [0.25, 0.3) is 5.56 Å². The van der Waals surface area contributed by atoms with Crippen molar-refractivity contribution >= 4 is 37.5 Å². The highest BCUT2D eigenvalue weighted by Gasteiger charge is 2.21. The summed E-state index contributed by atoms with van der Waals surface area (Å²) in [6, 6.07) is 2.34. The normalized spacial score (nSPS) is 15.9. The third-order valence-corrected chi connectivity index (χ3v) is 6.43. The van der Waals surface area contributed by atoms with Crippen LogP contribution in [0.2, 0.25) is 0 Å². The summed E-state index contributed by atoms with van der Waals surface area (Å²) < 4.78 is 2.61. The van der Waals surface area contributed by atoms with Gasteiger partial charge in [0.1, 0.15) is 9.53 Å². The van der Waals surface area contributed by atoms with E-state index in [-0.39, 0.29) is 5.56 Å². The molecule has 1 aliphatic rings. The van der Waals surface area contributed by atoms with Crippen molar-refractivity contribution in [2.45, 2.75) is 52.0 Å². The number of pyridine rings is 1. The molecule has 1 saturated carbocycles. The fourth-order valence-electron chi connectivity index (χ4n) is 4.00. The van der Waals surface area contributed by atoms with Gasteiger partial charge in [0.05, 0.1) is 22.9 Å². The number of nitrogens with zero attached hydrogens (tertiary/aromatic N) is 4. The van der Waals surface area contributed by atoms with Crippen molar-refractivity contribution in [2.24, 2.45) is 0 Å². The van der Waals surface area contributed by atoms with E-state index in [0.717, 1.165) is 52.1 Å². The Morgan fingerprint density at radius 3 is 2.68 bits per heavy atom. The molecule has 0 bridgehead atoms. The van der Waals surface area contributed by atoms with Crippen molar-refractivity contribution in [1.29, 1.82) is 0 Å². The molecule has 0 spiro atoms. The SMILES string of the molecule is CCN(CC)c1ccnc2sc3c(=O)n(C4CCCCC4)cnc3c12. The van der Waals surface area contributed by atoms with E-state index in [1.54, 1.807) is 6.33 Å². The van der Waals surface area contributed by atoms with Crippen LogP contribution in [0.1, 0.15) is 52.0 Å². The van der Waals surface area contributed by atoms with Gasteiger partial charge in [-0.3, -0.25) is 9.36 Å². The molecule has 3 aromatic heterocycles. The Morgan fingerprint density at radius 1 is 1.20 bits per heavy atom. The zero-order chi connectivity index (χ0) is 17.4.